The molecule has 0 unspecified atom stereocenters. The molecule has 1 rings (SSSR count). The van der Waals surface area contributed by atoms with Crippen LogP contribution >= 0.6 is 23.5 Å². The first-order valence-corrected chi connectivity index (χ1v) is 7.36. The molecule has 17 heavy (non-hydrogen) atoms. The van der Waals surface area contributed by atoms with Gasteiger partial charge in [-0.15, -0.1) is 0 Å². The van der Waals surface area contributed by atoms with Crippen molar-refractivity contribution in [2.24, 2.45) is 5.41 Å². The minimum Gasteiger partial charge on any atom is -0.469 e. The highest BCUT2D eigenvalue weighted by Gasteiger charge is 2.44. The quantitative estimate of drug-likeness (QED) is 0.530. The van der Waals surface area contributed by atoms with Gasteiger partial charge in [0.15, 0.2) is 0 Å². The molecule has 0 aromatic rings. The van der Waals surface area contributed by atoms with Gasteiger partial charge in [0.25, 0.3) is 0 Å². The van der Waals surface area contributed by atoms with Crippen LogP contribution < -0.4 is 0 Å². The molecule has 0 spiro atoms. The normalized spacial score (nSPS) is 17.9. The third-order valence-corrected chi connectivity index (χ3v) is 4.91. The highest BCUT2D eigenvalue weighted by molar-refractivity contribution is 8.03. The van der Waals surface area contributed by atoms with Gasteiger partial charge in [-0.05, 0) is 24.0 Å². The average molecular weight is 288 g/mol. The number of thioether (sulfide) groups is 2. The van der Waals surface area contributed by atoms with Crippen molar-refractivity contribution in [1.82, 2.24) is 0 Å². The van der Waals surface area contributed by atoms with E-state index in [1.165, 1.54) is 18.9 Å². The molecule has 0 bridgehead atoms. The molecular weight excluding hydrogens is 273 g/mol. The summed E-state index contributed by atoms with van der Waals surface area (Å²) in [5, 5.41) is 0. The summed E-state index contributed by atoms with van der Waals surface area (Å²) in [6.45, 7) is 0. The Kier molecular flexibility index (Phi) is 5.50. The Labute approximate surface area is 107 Å². The number of esters is 1. The monoisotopic (exact) mass is 288 g/mol. The van der Waals surface area contributed by atoms with E-state index in [1.54, 1.807) is 0 Å². The molecule has 1 aliphatic rings. The second-order valence-corrected chi connectivity index (χ2v) is 6.36. The zero-order valence-corrected chi connectivity index (χ0v) is 11.1. The lowest BCUT2D eigenvalue weighted by atomic mass is 10.1. The zero-order valence-electron chi connectivity index (χ0n) is 9.51. The van der Waals surface area contributed by atoms with Gasteiger partial charge in [0.1, 0.15) is 0 Å². The molecule has 0 heterocycles. The molecule has 0 saturated heterocycles. The molecule has 0 N–H and O–H groups in total. The van der Waals surface area contributed by atoms with E-state index in [2.05, 4.69) is 4.74 Å². The van der Waals surface area contributed by atoms with Crippen molar-refractivity contribution in [1.29, 1.82) is 0 Å². The van der Waals surface area contributed by atoms with Crippen LogP contribution in [0.15, 0.2) is 0 Å². The number of rotatable bonds is 7. The first-order chi connectivity index (χ1) is 7.87. The number of carbonyl (C=O) groups excluding carboxylic acids is 1. The number of ether oxygens (including phenoxy) is 1. The molecule has 0 radical (unpaired) electrons. The van der Waals surface area contributed by atoms with E-state index in [0.29, 0.717) is 12.2 Å². The van der Waals surface area contributed by atoms with Crippen molar-refractivity contribution < 1.29 is 22.7 Å². The van der Waals surface area contributed by atoms with E-state index in [0.717, 1.165) is 18.6 Å². The summed E-state index contributed by atoms with van der Waals surface area (Å²) in [4.78, 5) is 11.1. The molecule has 0 amide bonds. The summed E-state index contributed by atoms with van der Waals surface area (Å²) in [6, 6.07) is 0. The van der Waals surface area contributed by atoms with Gasteiger partial charge < -0.3 is 4.74 Å². The van der Waals surface area contributed by atoms with Gasteiger partial charge in [0.2, 0.25) is 0 Å². The van der Waals surface area contributed by atoms with Crippen LogP contribution in [0.1, 0.15) is 19.3 Å². The second-order valence-electron chi connectivity index (χ2n) is 4.10. The van der Waals surface area contributed by atoms with Gasteiger partial charge in [-0.25, -0.2) is 0 Å². The van der Waals surface area contributed by atoms with Gasteiger partial charge in [-0.3, -0.25) is 4.79 Å². The van der Waals surface area contributed by atoms with Crippen LogP contribution in [0.25, 0.3) is 0 Å². The minimum atomic E-state index is -4.14. The maximum atomic E-state index is 11.8. The first-order valence-electron chi connectivity index (χ1n) is 5.22. The zero-order chi connectivity index (χ0) is 12.9. The third-order valence-electron chi connectivity index (χ3n) is 2.61. The van der Waals surface area contributed by atoms with Gasteiger partial charge in [0, 0.05) is 11.5 Å². The molecular formula is C10H15F3O2S2. The summed E-state index contributed by atoms with van der Waals surface area (Å²) in [5.74, 6) is 1.06. The number of methoxy groups -OCH3 is 1. The molecule has 100 valence electrons. The third kappa shape index (κ3) is 6.45. The van der Waals surface area contributed by atoms with Gasteiger partial charge in [0.05, 0.1) is 13.5 Å². The minimum absolute atomic E-state index is 0.000654. The maximum Gasteiger partial charge on any atom is 0.441 e. The van der Waals surface area contributed by atoms with Crippen molar-refractivity contribution in [3.63, 3.8) is 0 Å². The largest absolute Gasteiger partial charge is 0.469 e. The lowest BCUT2D eigenvalue weighted by Gasteiger charge is -2.13. The van der Waals surface area contributed by atoms with Crippen LogP contribution in [0, 0.1) is 5.41 Å². The number of hydrogen-bond donors (Lipinski definition) is 0. The van der Waals surface area contributed by atoms with Crippen LogP contribution in [0.4, 0.5) is 13.2 Å². The van der Waals surface area contributed by atoms with Crippen molar-refractivity contribution in [3.8, 4) is 0 Å². The summed E-state index contributed by atoms with van der Waals surface area (Å²) in [5.41, 5.74) is -4.13. The van der Waals surface area contributed by atoms with Crippen LogP contribution in [-0.2, 0) is 9.53 Å². The number of halogens is 3. The van der Waals surface area contributed by atoms with Crippen molar-refractivity contribution >= 4 is 29.5 Å². The van der Waals surface area contributed by atoms with E-state index < -0.39 is 5.51 Å². The SMILES string of the molecule is COC(=O)CC1(CSCCSC(F)(F)F)CC1. The molecule has 1 saturated carbocycles. The van der Waals surface area contributed by atoms with Gasteiger partial charge in [-0.2, -0.15) is 24.9 Å². The fourth-order valence-electron chi connectivity index (χ4n) is 1.43. The van der Waals surface area contributed by atoms with E-state index >= 15 is 0 Å². The molecule has 7 heteroatoms. The second kappa shape index (κ2) is 6.22. The number of hydrogen-bond acceptors (Lipinski definition) is 4. The first kappa shape index (κ1) is 15.0. The summed E-state index contributed by atoms with van der Waals surface area (Å²) < 4.78 is 40.1. The van der Waals surface area contributed by atoms with Crippen LogP contribution in [0.2, 0.25) is 0 Å². The predicted molar refractivity (Wildman–Crippen MR) is 64.1 cm³/mol. The smallest absolute Gasteiger partial charge is 0.441 e. The van der Waals surface area contributed by atoms with Gasteiger partial charge in [-0.1, -0.05) is 11.8 Å². The Bertz CT molecular complexity index is 265. The molecule has 0 aromatic heterocycles. The lowest BCUT2D eigenvalue weighted by molar-refractivity contribution is -0.141. The predicted octanol–water partition coefficient (Wildman–Crippen LogP) is 3.32. The average Bonchev–Trinajstić information content (AvgIpc) is 2.96. The fourth-order valence-corrected chi connectivity index (χ4v) is 3.44. The maximum absolute atomic E-state index is 11.8. The van der Waals surface area contributed by atoms with E-state index in [4.69, 9.17) is 0 Å². The van der Waals surface area contributed by atoms with E-state index in [1.807, 2.05) is 0 Å². The van der Waals surface area contributed by atoms with Crippen LogP contribution in [-0.4, -0.2) is 35.8 Å². The van der Waals surface area contributed by atoms with Gasteiger partial charge >= 0.3 is 11.5 Å². The fraction of sp³-hybridized carbons (Fsp3) is 0.900. The molecule has 2 nitrogen and oxygen atoms in total. The summed E-state index contributed by atoms with van der Waals surface area (Å²) in [6.07, 6.45) is 2.34. The van der Waals surface area contributed by atoms with Crippen LogP contribution in [0.5, 0.6) is 0 Å². The molecule has 0 atom stereocenters. The standard InChI is InChI=1S/C10H15F3O2S2/c1-15-8(14)6-9(2-3-9)7-16-4-5-17-10(11,12)13/h2-7H2,1H3. The number of carbonyl (C=O) groups is 1. The molecule has 1 aliphatic carbocycles. The lowest BCUT2D eigenvalue weighted by Crippen LogP contribution is -2.13. The molecule has 0 aromatic carbocycles. The van der Waals surface area contributed by atoms with E-state index in [-0.39, 0.29) is 28.9 Å². The highest BCUT2D eigenvalue weighted by Crippen LogP contribution is 2.51. The summed E-state index contributed by atoms with van der Waals surface area (Å²) >= 11 is 1.50. The Hall–Kier alpha value is -0.0400. The highest BCUT2D eigenvalue weighted by atomic mass is 32.2. The Morgan fingerprint density at radius 2 is 2.00 bits per heavy atom. The summed E-state index contributed by atoms with van der Waals surface area (Å²) in [7, 11) is 1.35. The molecule has 0 aliphatic heterocycles. The molecule has 1 fully saturated rings. The topological polar surface area (TPSA) is 26.3 Å². The van der Waals surface area contributed by atoms with E-state index in [9.17, 15) is 18.0 Å². The van der Waals surface area contributed by atoms with Crippen molar-refractivity contribution in [3.05, 3.63) is 0 Å². The van der Waals surface area contributed by atoms with Crippen LogP contribution in [0.3, 0.4) is 0 Å². The van der Waals surface area contributed by atoms with Crippen molar-refractivity contribution in [2.75, 3.05) is 24.4 Å². The Morgan fingerprint density at radius 3 is 2.47 bits per heavy atom. The number of alkyl halides is 3. The Balaban J connectivity index is 2.08. The Morgan fingerprint density at radius 1 is 1.35 bits per heavy atom. The van der Waals surface area contributed by atoms with Crippen molar-refractivity contribution in [2.45, 2.75) is 24.8 Å².